The number of aromatic amines is 1. The highest BCUT2D eigenvalue weighted by Gasteiger charge is 2.18. The Kier molecular flexibility index (Phi) is 5.03. The number of unbranched alkanes of at least 4 members (excludes halogenated alkanes) is 1. The largest absolute Gasteiger partial charge is 0.336 e. The molecule has 0 aliphatic heterocycles. The summed E-state index contributed by atoms with van der Waals surface area (Å²) in [5.74, 6) is 0.0793. The summed E-state index contributed by atoms with van der Waals surface area (Å²) in [6, 6.07) is 16.9. The number of hydrogen-bond acceptors (Lipinski definition) is 5. The number of hydrogen-bond donors (Lipinski definition) is 2. The van der Waals surface area contributed by atoms with Crippen LogP contribution in [0.1, 0.15) is 35.8 Å². The molecule has 0 radical (unpaired) electrons. The maximum atomic E-state index is 13.2. The third-order valence-electron chi connectivity index (χ3n) is 4.76. The number of nitrogens with one attached hydrogen (secondary N) is 2. The average Bonchev–Trinajstić information content (AvgIpc) is 3.40. The van der Waals surface area contributed by atoms with Gasteiger partial charge in [-0.2, -0.15) is 10.5 Å². The van der Waals surface area contributed by atoms with Gasteiger partial charge >= 0.3 is 0 Å². The van der Waals surface area contributed by atoms with Crippen LogP contribution in [0.25, 0.3) is 22.3 Å². The topological polar surface area (TPSA) is 112 Å². The molecule has 0 fully saturated rings. The highest BCUT2D eigenvalue weighted by molar-refractivity contribution is 6.08. The molecule has 0 spiro atoms. The predicted octanol–water partition coefficient (Wildman–Crippen LogP) is 3.75. The van der Waals surface area contributed by atoms with Gasteiger partial charge in [0, 0.05) is 23.0 Å². The van der Waals surface area contributed by atoms with Gasteiger partial charge in [0.1, 0.15) is 5.69 Å². The molecule has 4 aromatic rings. The van der Waals surface area contributed by atoms with Crippen LogP contribution in [0.5, 0.6) is 0 Å². The molecule has 8 heteroatoms. The Morgan fingerprint density at radius 2 is 2.10 bits per heavy atom. The van der Waals surface area contributed by atoms with Gasteiger partial charge in [-0.25, -0.2) is 0 Å². The fraction of sp³-hybridized carbons (Fsp3) is 0.190. The number of amides is 1. The first-order valence-corrected chi connectivity index (χ1v) is 9.39. The Hall–Kier alpha value is -3.99. The van der Waals surface area contributed by atoms with Crippen LogP contribution in [0.2, 0.25) is 0 Å². The summed E-state index contributed by atoms with van der Waals surface area (Å²) < 4.78 is 2.05. The molecule has 0 saturated heterocycles. The molecule has 2 aromatic heterocycles. The van der Waals surface area contributed by atoms with Crippen LogP contribution in [-0.4, -0.2) is 31.1 Å². The minimum Gasteiger partial charge on any atom is -0.336 e. The molecule has 144 valence electrons. The van der Waals surface area contributed by atoms with Crippen LogP contribution in [-0.2, 0) is 6.54 Å². The summed E-state index contributed by atoms with van der Waals surface area (Å²) in [5.41, 5.74) is 3.11. The second-order valence-electron chi connectivity index (χ2n) is 6.66. The Balaban J connectivity index is 1.73. The van der Waals surface area contributed by atoms with Crippen LogP contribution in [0.4, 0.5) is 5.69 Å². The van der Waals surface area contributed by atoms with E-state index in [4.69, 9.17) is 0 Å². The van der Waals surface area contributed by atoms with Crippen molar-refractivity contribution in [1.82, 2.24) is 25.2 Å². The molecule has 2 N–H and O–H groups in total. The Bertz CT molecular complexity index is 1200. The molecule has 1 amide bonds. The van der Waals surface area contributed by atoms with E-state index in [0.717, 1.165) is 30.3 Å². The summed E-state index contributed by atoms with van der Waals surface area (Å²) in [6.07, 6.45) is 2.01. The molecular weight excluding hydrogens is 366 g/mol. The van der Waals surface area contributed by atoms with Gasteiger partial charge in [0.25, 0.3) is 5.91 Å². The molecule has 2 aromatic carbocycles. The number of carbonyl (C=O) groups excluding carboxylic acids is 1. The van der Waals surface area contributed by atoms with E-state index >= 15 is 0 Å². The lowest BCUT2D eigenvalue weighted by Gasteiger charge is -2.12. The van der Waals surface area contributed by atoms with Gasteiger partial charge in [0.05, 0.1) is 17.3 Å². The smallest absolute Gasteiger partial charge is 0.272 e. The number of nitriles is 1. The number of para-hydroxylation sites is 1. The minimum atomic E-state index is -0.230. The third-order valence-corrected chi connectivity index (χ3v) is 4.76. The lowest BCUT2D eigenvalue weighted by atomic mass is 10.1. The van der Waals surface area contributed by atoms with E-state index in [2.05, 4.69) is 38.9 Å². The van der Waals surface area contributed by atoms with E-state index in [1.54, 1.807) is 18.2 Å². The molecule has 29 heavy (non-hydrogen) atoms. The van der Waals surface area contributed by atoms with E-state index < -0.39 is 0 Å². The quantitative estimate of drug-likeness (QED) is 0.525. The Morgan fingerprint density at radius 3 is 2.86 bits per heavy atom. The van der Waals surface area contributed by atoms with E-state index in [0.29, 0.717) is 28.3 Å². The fourth-order valence-electron chi connectivity index (χ4n) is 3.33. The summed E-state index contributed by atoms with van der Waals surface area (Å²) in [4.78, 5) is 13.2. The maximum Gasteiger partial charge on any atom is 0.272 e. The van der Waals surface area contributed by atoms with Crippen molar-refractivity contribution in [1.29, 1.82) is 5.26 Å². The van der Waals surface area contributed by atoms with Gasteiger partial charge in [0.15, 0.2) is 0 Å². The third kappa shape index (κ3) is 3.58. The van der Waals surface area contributed by atoms with Crippen LogP contribution in [0.3, 0.4) is 0 Å². The number of tetrazole rings is 1. The molecule has 8 nitrogen and oxygen atoms in total. The molecule has 4 rings (SSSR count). The number of rotatable bonds is 6. The zero-order valence-electron chi connectivity index (χ0n) is 15.9. The van der Waals surface area contributed by atoms with Gasteiger partial charge in [0.2, 0.25) is 5.82 Å². The lowest BCUT2D eigenvalue weighted by Crippen LogP contribution is -2.17. The Labute approximate surface area is 167 Å². The maximum absolute atomic E-state index is 13.2. The van der Waals surface area contributed by atoms with Gasteiger partial charge in [-0.3, -0.25) is 4.79 Å². The van der Waals surface area contributed by atoms with Crippen molar-refractivity contribution in [3.8, 4) is 17.5 Å². The molecule has 2 heterocycles. The van der Waals surface area contributed by atoms with Gasteiger partial charge < -0.3 is 9.88 Å². The number of nitrogens with zero attached hydrogens (tertiary/aromatic N) is 5. The first-order valence-electron chi connectivity index (χ1n) is 9.39. The van der Waals surface area contributed by atoms with Crippen molar-refractivity contribution in [3.05, 3.63) is 59.8 Å². The van der Waals surface area contributed by atoms with Crippen molar-refractivity contribution < 1.29 is 4.79 Å². The number of H-pyrrole nitrogens is 1. The second-order valence-corrected chi connectivity index (χ2v) is 6.66. The summed E-state index contributed by atoms with van der Waals surface area (Å²) in [6.45, 7) is 2.89. The lowest BCUT2D eigenvalue weighted by molar-refractivity contribution is 0.101. The van der Waals surface area contributed by atoms with Crippen LogP contribution >= 0.6 is 0 Å². The second kappa shape index (κ2) is 7.94. The normalized spacial score (nSPS) is 10.8. The monoisotopic (exact) mass is 385 g/mol. The van der Waals surface area contributed by atoms with Crippen molar-refractivity contribution in [2.24, 2.45) is 0 Å². The number of benzene rings is 2. The standard InChI is InChI=1S/C21H19N7O/c1-2-3-10-28-18-7-5-4-6-15(18)12-19(28)21(29)23-17-9-8-14(13-22)11-16(17)20-24-26-27-25-20/h4-9,11-12H,2-3,10H2,1H3,(H,23,29)(H,24,25,26,27). The van der Waals surface area contributed by atoms with Gasteiger partial charge in [-0.05, 0) is 42.0 Å². The van der Waals surface area contributed by atoms with Crippen LogP contribution in [0, 0.1) is 11.3 Å². The van der Waals surface area contributed by atoms with E-state index in [9.17, 15) is 10.1 Å². The molecule has 0 unspecified atom stereocenters. The van der Waals surface area contributed by atoms with E-state index in [1.807, 2.05) is 34.9 Å². The Morgan fingerprint density at radius 1 is 1.24 bits per heavy atom. The van der Waals surface area contributed by atoms with E-state index in [-0.39, 0.29) is 5.91 Å². The van der Waals surface area contributed by atoms with Crippen molar-refractivity contribution >= 4 is 22.5 Å². The highest BCUT2D eigenvalue weighted by Crippen LogP contribution is 2.27. The molecule has 0 aliphatic rings. The SMILES string of the molecule is CCCCn1c(C(=O)Nc2ccc(C#N)cc2-c2nn[nH]n2)cc2ccccc21. The number of carbonyl (C=O) groups is 1. The summed E-state index contributed by atoms with van der Waals surface area (Å²) >= 11 is 0. The predicted molar refractivity (Wildman–Crippen MR) is 109 cm³/mol. The molecule has 0 aliphatic carbocycles. The highest BCUT2D eigenvalue weighted by atomic mass is 16.2. The first-order chi connectivity index (χ1) is 14.2. The summed E-state index contributed by atoms with van der Waals surface area (Å²) in [7, 11) is 0. The number of fused-ring (bicyclic) bond motifs is 1. The zero-order chi connectivity index (χ0) is 20.2. The van der Waals surface area contributed by atoms with Crippen molar-refractivity contribution in [2.75, 3.05) is 5.32 Å². The average molecular weight is 385 g/mol. The van der Waals surface area contributed by atoms with Crippen molar-refractivity contribution in [3.63, 3.8) is 0 Å². The van der Waals surface area contributed by atoms with E-state index in [1.165, 1.54) is 0 Å². The summed E-state index contributed by atoms with van der Waals surface area (Å²) in [5, 5.41) is 27.1. The molecule has 0 bridgehead atoms. The van der Waals surface area contributed by atoms with Gasteiger partial charge in [-0.15, -0.1) is 10.2 Å². The zero-order valence-corrected chi connectivity index (χ0v) is 15.9. The van der Waals surface area contributed by atoms with Gasteiger partial charge in [-0.1, -0.05) is 31.5 Å². The molecular formula is C21H19N7O. The first kappa shape index (κ1) is 18.4. The van der Waals surface area contributed by atoms with Crippen LogP contribution < -0.4 is 5.32 Å². The van der Waals surface area contributed by atoms with Crippen LogP contribution in [0.15, 0.2) is 48.5 Å². The fourth-order valence-corrected chi connectivity index (χ4v) is 3.33. The minimum absolute atomic E-state index is 0.230. The number of aromatic nitrogens is 5. The number of aryl methyl sites for hydroxylation is 1. The molecule has 0 saturated carbocycles. The molecule has 0 atom stereocenters. The number of anilines is 1. The van der Waals surface area contributed by atoms with Crippen molar-refractivity contribution in [2.45, 2.75) is 26.3 Å².